The van der Waals surface area contributed by atoms with Crippen LogP contribution in [0.4, 0.5) is 0 Å². The van der Waals surface area contributed by atoms with Gasteiger partial charge in [-0.1, -0.05) is 13.8 Å². The molecule has 0 aromatic carbocycles. The molecule has 0 heterocycles. The summed E-state index contributed by atoms with van der Waals surface area (Å²) in [4.78, 5) is 11.8. The summed E-state index contributed by atoms with van der Waals surface area (Å²) in [7, 11) is 1.66. The van der Waals surface area contributed by atoms with Crippen LogP contribution in [-0.2, 0) is 9.53 Å². The van der Waals surface area contributed by atoms with E-state index in [1.54, 1.807) is 7.11 Å². The smallest absolute Gasteiger partial charge is 0.175 e. The molecular weight excluding hydrogens is 216 g/mol. The van der Waals surface area contributed by atoms with Crippen molar-refractivity contribution in [1.82, 2.24) is 5.32 Å². The van der Waals surface area contributed by atoms with Gasteiger partial charge in [-0.05, 0) is 18.3 Å². The Kier molecular flexibility index (Phi) is 4.71. The van der Waals surface area contributed by atoms with Crippen molar-refractivity contribution in [2.75, 3.05) is 20.3 Å². The van der Waals surface area contributed by atoms with E-state index in [1.165, 1.54) is 0 Å². The number of hydrogen-bond donors (Lipinski definition) is 1. The zero-order valence-electron chi connectivity index (χ0n) is 10.8. The van der Waals surface area contributed by atoms with Crippen LogP contribution in [0, 0.1) is 16.7 Å². The molecular formula is C13H20N2O2. The molecule has 0 spiro atoms. The van der Waals surface area contributed by atoms with Crippen molar-refractivity contribution in [3.8, 4) is 6.07 Å². The fourth-order valence-electron chi connectivity index (χ4n) is 2.06. The van der Waals surface area contributed by atoms with Crippen molar-refractivity contribution in [3.05, 3.63) is 11.3 Å². The fraction of sp³-hybridized carbons (Fsp3) is 0.692. The highest BCUT2D eigenvalue weighted by Crippen LogP contribution is 2.35. The number of nitrogens with one attached hydrogen (secondary N) is 1. The first-order valence-corrected chi connectivity index (χ1v) is 5.89. The second-order valence-electron chi connectivity index (χ2n) is 5.18. The quantitative estimate of drug-likeness (QED) is 0.739. The topological polar surface area (TPSA) is 62.1 Å². The third kappa shape index (κ3) is 3.86. The van der Waals surface area contributed by atoms with Crippen LogP contribution < -0.4 is 5.32 Å². The number of methoxy groups -OCH3 is 1. The lowest BCUT2D eigenvalue weighted by atomic mass is 9.76. The van der Waals surface area contributed by atoms with E-state index in [0.29, 0.717) is 18.6 Å². The number of ketones is 1. The summed E-state index contributed by atoms with van der Waals surface area (Å²) in [6.07, 6.45) is 2.08. The Labute approximate surface area is 103 Å². The maximum absolute atomic E-state index is 11.8. The largest absolute Gasteiger partial charge is 0.387 e. The van der Waals surface area contributed by atoms with Gasteiger partial charge in [0, 0.05) is 32.4 Å². The molecule has 0 bridgehead atoms. The molecule has 0 radical (unpaired) electrons. The lowest BCUT2D eigenvalue weighted by molar-refractivity contribution is -0.117. The minimum Gasteiger partial charge on any atom is -0.387 e. The van der Waals surface area contributed by atoms with Gasteiger partial charge in [0.2, 0.25) is 0 Å². The molecule has 94 valence electrons. The van der Waals surface area contributed by atoms with Crippen molar-refractivity contribution in [3.63, 3.8) is 0 Å². The number of carbonyl (C=O) groups is 1. The highest BCUT2D eigenvalue weighted by atomic mass is 16.5. The number of carbonyl (C=O) groups excluding carboxylic acids is 1. The van der Waals surface area contributed by atoms with Crippen LogP contribution in [-0.4, -0.2) is 26.0 Å². The first-order valence-electron chi connectivity index (χ1n) is 5.89. The van der Waals surface area contributed by atoms with Crippen LogP contribution in [0.25, 0.3) is 0 Å². The van der Waals surface area contributed by atoms with Crippen molar-refractivity contribution in [2.45, 2.75) is 33.1 Å². The highest BCUT2D eigenvalue weighted by molar-refractivity contribution is 6.01. The third-order valence-corrected chi connectivity index (χ3v) is 2.85. The van der Waals surface area contributed by atoms with Crippen molar-refractivity contribution < 1.29 is 9.53 Å². The number of Topliss-reactive ketones (excluding diaryl/α,β-unsaturated/α-hetero) is 1. The lowest BCUT2D eigenvalue weighted by Crippen LogP contribution is -2.31. The second kappa shape index (κ2) is 5.83. The van der Waals surface area contributed by atoms with Gasteiger partial charge in [0.05, 0.1) is 0 Å². The van der Waals surface area contributed by atoms with E-state index in [0.717, 1.165) is 25.1 Å². The van der Waals surface area contributed by atoms with Gasteiger partial charge in [-0.25, -0.2) is 0 Å². The molecule has 0 atom stereocenters. The number of hydrogen-bond acceptors (Lipinski definition) is 4. The first-order chi connectivity index (χ1) is 8.00. The lowest BCUT2D eigenvalue weighted by Gasteiger charge is -2.30. The Hall–Kier alpha value is -1.34. The maximum atomic E-state index is 11.8. The van der Waals surface area contributed by atoms with Crippen LogP contribution in [0.2, 0.25) is 0 Å². The van der Waals surface area contributed by atoms with Gasteiger partial charge >= 0.3 is 0 Å². The van der Waals surface area contributed by atoms with Gasteiger partial charge in [-0.3, -0.25) is 4.79 Å². The van der Waals surface area contributed by atoms with E-state index in [-0.39, 0.29) is 11.2 Å². The van der Waals surface area contributed by atoms with Crippen molar-refractivity contribution in [1.29, 1.82) is 5.26 Å². The molecule has 4 nitrogen and oxygen atoms in total. The summed E-state index contributed by atoms with van der Waals surface area (Å²) in [6, 6.07) is 2.02. The Morgan fingerprint density at radius 2 is 2.18 bits per heavy atom. The highest BCUT2D eigenvalue weighted by Gasteiger charge is 2.32. The summed E-state index contributed by atoms with van der Waals surface area (Å²) >= 11 is 0. The van der Waals surface area contributed by atoms with Crippen molar-refractivity contribution >= 4 is 5.78 Å². The molecule has 0 aromatic rings. The Morgan fingerprint density at radius 1 is 1.47 bits per heavy atom. The molecule has 0 saturated heterocycles. The van der Waals surface area contributed by atoms with Crippen LogP contribution >= 0.6 is 0 Å². The summed E-state index contributed by atoms with van der Waals surface area (Å²) < 4.78 is 4.96. The Balaban J connectivity index is 2.70. The second-order valence-corrected chi connectivity index (χ2v) is 5.18. The number of nitriles is 1. The van der Waals surface area contributed by atoms with Gasteiger partial charge in [-0.15, -0.1) is 0 Å². The van der Waals surface area contributed by atoms with E-state index >= 15 is 0 Å². The molecule has 0 aromatic heterocycles. The monoisotopic (exact) mass is 236 g/mol. The zero-order valence-corrected chi connectivity index (χ0v) is 10.8. The summed E-state index contributed by atoms with van der Waals surface area (Å²) in [6.45, 7) is 5.52. The van der Waals surface area contributed by atoms with Crippen LogP contribution in [0.1, 0.15) is 33.1 Å². The molecule has 1 rings (SSSR count). The van der Waals surface area contributed by atoms with Gasteiger partial charge in [-0.2, -0.15) is 5.26 Å². The minimum atomic E-state index is -0.0545. The predicted octanol–water partition coefficient (Wildman–Crippen LogP) is 1.78. The SMILES string of the molecule is COCCCNC1=C(C#N)C(=O)CC(C)(C)C1. The van der Waals surface area contributed by atoms with Crippen LogP contribution in [0.3, 0.4) is 0 Å². The maximum Gasteiger partial charge on any atom is 0.175 e. The normalized spacial score (nSPS) is 19.1. The molecule has 4 heteroatoms. The molecule has 0 amide bonds. The van der Waals surface area contributed by atoms with Gasteiger partial charge in [0.1, 0.15) is 11.6 Å². The minimum absolute atomic E-state index is 0.0435. The molecule has 0 aliphatic heterocycles. The number of nitrogens with zero attached hydrogens (tertiary/aromatic N) is 1. The van der Waals surface area contributed by atoms with Crippen molar-refractivity contribution in [2.24, 2.45) is 5.41 Å². The van der Waals surface area contributed by atoms with Gasteiger partial charge in [0.15, 0.2) is 5.78 Å². The van der Waals surface area contributed by atoms with Gasteiger partial charge in [0.25, 0.3) is 0 Å². The van der Waals surface area contributed by atoms with E-state index < -0.39 is 0 Å². The Bertz CT molecular complexity index is 364. The average Bonchev–Trinajstić information content (AvgIpc) is 2.22. The van der Waals surface area contributed by atoms with Gasteiger partial charge < -0.3 is 10.1 Å². The first kappa shape index (κ1) is 13.7. The zero-order chi connectivity index (χ0) is 12.9. The number of rotatable bonds is 5. The average molecular weight is 236 g/mol. The standard InChI is InChI=1S/C13H20N2O2/c1-13(2)7-11(15-5-4-6-17-3)10(9-14)12(16)8-13/h15H,4-8H2,1-3H3. The van der Waals surface area contributed by atoms with E-state index in [2.05, 4.69) is 19.2 Å². The van der Waals surface area contributed by atoms with Crippen LogP contribution in [0.15, 0.2) is 11.3 Å². The molecule has 0 unspecified atom stereocenters. The van der Waals surface area contributed by atoms with E-state index in [1.807, 2.05) is 6.07 Å². The summed E-state index contributed by atoms with van der Waals surface area (Å²) in [5.41, 5.74) is 1.05. The molecule has 0 saturated carbocycles. The Morgan fingerprint density at radius 3 is 2.76 bits per heavy atom. The molecule has 1 N–H and O–H groups in total. The number of allylic oxidation sites excluding steroid dienone is 2. The third-order valence-electron chi connectivity index (χ3n) is 2.85. The summed E-state index contributed by atoms with van der Waals surface area (Å²) in [5.74, 6) is -0.0435. The molecule has 17 heavy (non-hydrogen) atoms. The predicted molar refractivity (Wildman–Crippen MR) is 65.2 cm³/mol. The summed E-state index contributed by atoms with van der Waals surface area (Å²) in [5, 5.41) is 12.2. The molecule has 0 fully saturated rings. The van der Waals surface area contributed by atoms with E-state index in [9.17, 15) is 4.79 Å². The van der Waals surface area contributed by atoms with Crippen LogP contribution in [0.5, 0.6) is 0 Å². The van der Waals surface area contributed by atoms with E-state index in [4.69, 9.17) is 10.00 Å². The number of ether oxygens (including phenoxy) is 1. The fourth-order valence-corrected chi connectivity index (χ4v) is 2.06. The molecule has 1 aliphatic rings. The molecule has 1 aliphatic carbocycles.